The van der Waals surface area contributed by atoms with E-state index in [-0.39, 0.29) is 0 Å². The Balaban J connectivity index is 2.29. The summed E-state index contributed by atoms with van der Waals surface area (Å²) in [5.74, 6) is 0.616. The van der Waals surface area contributed by atoms with Crippen LogP contribution in [-0.4, -0.2) is 18.0 Å². The number of anilines is 2. The number of hydrogen-bond acceptors (Lipinski definition) is 5. The van der Waals surface area contributed by atoms with Crippen molar-refractivity contribution in [1.29, 1.82) is 5.41 Å². The van der Waals surface area contributed by atoms with Crippen LogP contribution in [0.4, 0.5) is 17.1 Å². The van der Waals surface area contributed by atoms with E-state index in [1.807, 2.05) is 19.9 Å². The van der Waals surface area contributed by atoms with Crippen molar-refractivity contribution in [2.24, 2.45) is 4.99 Å². The second-order valence-electron chi connectivity index (χ2n) is 6.00. The molecule has 0 heterocycles. The Morgan fingerprint density at radius 1 is 1.04 bits per heavy atom. The smallest absolute Gasteiger partial charge is 0.144 e. The molecule has 0 aliphatic heterocycles. The fourth-order valence-electron chi connectivity index (χ4n) is 2.42. The maximum atomic E-state index is 7.85. The molecule has 0 atom stereocenters. The molecule has 0 unspecified atom stereocenters. The Morgan fingerprint density at radius 2 is 1.79 bits per heavy atom. The number of hydrogen-bond donors (Lipinski definition) is 3. The maximum Gasteiger partial charge on any atom is 0.144 e. The van der Waals surface area contributed by atoms with Crippen LogP contribution in [0.2, 0.25) is 0 Å². The molecule has 24 heavy (non-hydrogen) atoms. The molecular formula is C19H26N4O. The highest BCUT2D eigenvalue weighted by molar-refractivity contribution is 6.23. The predicted octanol–water partition coefficient (Wildman–Crippen LogP) is 4.42. The quantitative estimate of drug-likeness (QED) is 0.410. The Labute approximate surface area is 143 Å². The van der Waals surface area contributed by atoms with Crippen molar-refractivity contribution in [1.82, 2.24) is 0 Å². The number of nitrogens with zero attached hydrogens (tertiary/aromatic N) is 1. The van der Waals surface area contributed by atoms with Gasteiger partial charge in [0.15, 0.2) is 0 Å². The summed E-state index contributed by atoms with van der Waals surface area (Å²) in [6.07, 6.45) is 6.85. The van der Waals surface area contributed by atoms with Gasteiger partial charge in [-0.05, 0) is 49.6 Å². The summed E-state index contributed by atoms with van der Waals surface area (Å²) < 4.78 is 5.77. The molecule has 0 aromatic heterocycles. The van der Waals surface area contributed by atoms with Gasteiger partial charge in [0.2, 0.25) is 0 Å². The number of nitrogens with one attached hydrogen (secondary N) is 1. The first-order valence-electron chi connectivity index (χ1n) is 8.29. The number of allylic oxidation sites excluding steroid dienone is 4. The molecule has 128 valence electrons. The van der Waals surface area contributed by atoms with E-state index in [0.29, 0.717) is 35.1 Å². The molecule has 0 fully saturated rings. The molecule has 0 spiro atoms. The van der Waals surface area contributed by atoms with Crippen molar-refractivity contribution < 1.29 is 4.74 Å². The summed E-state index contributed by atoms with van der Waals surface area (Å²) in [4.78, 5) is 4.64. The third-order valence-electron chi connectivity index (χ3n) is 4.16. The lowest BCUT2D eigenvalue weighted by atomic mass is 9.96. The Kier molecular flexibility index (Phi) is 5.79. The van der Waals surface area contributed by atoms with Gasteiger partial charge in [-0.2, -0.15) is 0 Å². The van der Waals surface area contributed by atoms with E-state index in [2.05, 4.69) is 11.9 Å². The number of unbranched alkanes of at least 4 members (excludes halogenated alkanes) is 2. The molecule has 1 aromatic rings. The lowest BCUT2D eigenvalue weighted by Gasteiger charge is -2.14. The van der Waals surface area contributed by atoms with Gasteiger partial charge in [0.1, 0.15) is 5.75 Å². The van der Waals surface area contributed by atoms with E-state index >= 15 is 0 Å². The summed E-state index contributed by atoms with van der Waals surface area (Å²) in [5, 5.41) is 7.85. The summed E-state index contributed by atoms with van der Waals surface area (Å²) >= 11 is 0. The van der Waals surface area contributed by atoms with Crippen LogP contribution < -0.4 is 16.2 Å². The molecule has 5 N–H and O–H groups in total. The van der Waals surface area contributed by atoms with Gasteiger partial charge in [-0.1, -0.05) is 19.8 Å². The van der Waals surface area contributed by atoms with Crippen molar-refractivity contribution >= 4 is 28.5 Å². The van der Waals surface area contributed by atoms with Gasteiger partial charge in [-0.3, -0.25) is 0 Å². The van der Waals surface area contributed by atoms with E-state index in [0.717, 1.165) is 36.1 Å². The van der Waals surface area contributed by atoms with Gasteiger partial charge in [-0.25, -0.2) is 4.99 Å². The first-order valence-corrected chi connectivity index (χ1v) is 8.29. The number of nitrogens with two attached hydrogens (primary N) is 2. The highest BCUT2D eigenvalue weighted by Crippen LogP contribution is 2.34. The third kappa shape index (κ3) is 4.04. The molecule has 1 aromatic carbocycles. The zero-order chi connectivity index (χ0) is 17.7. The first kappa shape index (κ1) is 17.8. The standard InChI is InChI=1S/C19H26N4O/c1-4-5-6-9-24-19-11-18(15(21)10-16(19)22)23-17-8-7-14(20)12(2)13(17)3/h7-8,10-11,20H,4-6,9,21-22H2,1-3H3. The monoisotopic (exact) mass is 326 g/mol. The van der Waals surface area contributed by atoms with Crippen LogP contribution >= 0.6 is 0 Å². The van der Waals surface area contributed by atoms with Crippen LogP contribution in [0.3, 0.4) is 0 Å². The van der Waals surface area contributed by atoms with Crippen molar-refractivity contribution in [3.63, 3.8) is 0 Å². The predicted molar refractivity (Wildman–Crippen MR) is 103 cm³/mol. The minimum Gasteiger partial charge on any atom is -0.491 e. The van der Waals surface area contributed by atoms with Gasteiger partial charge in [0.25, 0.3) is 0 Å². The molecule has 0 amide bonds. The van der Waals surface area contributed by atoms with E-state index in [4.69, 9.17) is 21.6 Å². The summed E-state index contributed by atoms with van der Waals surface area (Å²) in [6.45, 7) is 6.67. The fraction of sp³-hybridized carbons (Fsp3) is 0.368. The van der Waals surface area contributed by atoms with Crippen molar-refractivity contribution in [2.75, 3.05) is 18.1 Å². The first-order chi connectivity index (χ1) is 11.4. The normalized spacial score (nSPS) is 16.1. The van der Waals surface area contributed by atoms with Crippen molar-refractivity contribution in [3.8, 4) is 5.75 Å². The Bertz CT molecular complexity index is 729. The lowest BCUT2D eigenvalue weighted by Crippen LogP contribution is -2.10. The van der Waals surface area contributed by atoms with Crippen LogP contribution in [0.25, 0.3) is 0 Å². The van der Waals surface area contributed by atoms with Gasteiger partial charge in [0, 0.05) is 6.07 Å². The summed E-state index contributed by atoms with van der Waals surface area (Å²) in [7, 11) is 0. The van der Waals surface area contributed by atoms with E-state index in [1.54, 1.807) is 18.2 Å². The van der Waals surface area contributed by atoms with Crippen LogP contribution in [0, 0.1) is 5.41 Å². The lowest BCUT2D eigenvalue weighted by molar-refractivity contribution is 0.308. The van der Waals surface area contributed by atoms with Gasteiger partial charge in [-0.15, -0.1) is 0 Å². The number of nitrogen functional groups attached to an aromatic ring is 2. The topological polar surface area (TPSA) is 97.5 Å². The molecule has 5 heteroatoms. The number of benzene rings is 1. The molecule has 0 saturated heterocycles. The van der Waals surface area contributed by atoms with Crippen molar-refractivity contribution in [3.05, 3.63) is 35.4 Å². The Morgan fingerprint density at radius 3 is 2.50 bits per heavy atom. The third-order valence-corrected chi connectivity index (χ3v) is 4.16. The fourth-order valence-corrected chi connectivity index (χ4v) is 2.42. The van der Waals surface area contributed by atoms with Gasteiger partial charge >= 0.3 is 0 Å². The Hall–Kier alpha value is -2.56. The number of aliphatic imine (C=N–C) groups is 1. The molecule has 2 rings (SSSR count). The highest BCUT2D eigenvalue weighted by Gasteiger charge is 2.13. The maximum absolute atomic E-state index is 7.85. The molecule has 0 bridgehead atoms. The second-order valence-corrected chi connectivity index (χ2v) is 6.00. The van der Waals surface area contributed by atoms with Crippen LogP contribution in [0.5, 0.6) is 5.75 Å². The van der Waals surface area contributed by atoms with Crippen LogP contribution in [0.15, 0.2) is 40.4 Å². The van der Waals surface area contributed by atoms with Gasteiger partial charge in [0.05, 0.1) is 35.1 Å². The average Bonchev–Trinajstić information content (AvgIpc) is 2.55. The van der Waals surface area contributed by atoms with E-state index in [1.165, 1.54) is 0 Å². The zero-order valence-corrected chi connectivity index (χ0v) is 14.6. The summed E-state index contributed by atoms with van der Waals surface area (Å²) in [6, 6.07) is 3.48. The molecule has 0 saturated carbocycles. The number of rotatable bonds is 6. The molecule has 5 nitrogen and oxygen atoms in total. The minimum atomic E-state index is 0.511. The van der Waals surface area contributed by atoms with Crippen LogP contribution in [0.1, 0.15) is 40.0 Å². The molecule has 1 aliphatic rings. The molecular weight excluding hydrogens is 300 g/mol. The largest absolute Gasteiger partial charge is 0.491 e. The molecule has 1 aliphatic carbocycles. The highest BCUT2D eigenvalue weighted by atomic mass is 16.5. The molecule has 0 radical (unpaired) electrons. The zero-order valence-electron chi connectivity index (χ0n) is 14.6. The number of ether oxygens (including phenoxy) is 1. The van der Waals surface area contributed by atoms with E-state index < -0.39 is 0 Å². The van der Waals surface area contributed by atoms with Crippen molar-refractivity contribution in [2.45, 2.75) is 40.0 Å². The summed E-state index contributed by atoms with van der Waals surface area (Å²) in [5.41, 5.74) is 16.9. The van der Waals surface area contributed by atoms with Gasteiger partial charge < -0.3 is 21.6 Å². The average molecular weight is 326 g/mol. The SMILES string of the molecule is CCCCCOc1cc(N=C2C=CC(=N)C(C)=C2C)c(N)cc1N. The minimum absolute atomic E-state index is 0.511. The van der Waals surface area contributed by atoms with E-state index in [9.17, 15) is 0 Å². The van der Waals surface area contributed by atoms with Crippen LogP contribution in [-0.2, 0) is 0 Å². The second kappa shape index (κ2) is 7.81.